The molecular formula is C27H24F2N4O4. The van der Waals surface area contributed by atoms with E-state index >= 15 is 4.39 Å². The van der Waals surface area contributed by atoms with E-state index in [1.807, 2.05) is 6.07 Å². The molecule has 2 aromatic heterocycles. The molecule has 0 unspecified atom stereocenters. The van der Waals surface area contributed by atoms with Crippen LogP contribution in [0.5, 0.6) is 0 Å². The van der Waals surface area contributed by atoms with E-state index in [9.17, 15) is 14.3 Å². The van der Waals surface area contributed by atoms with Gasteiger partial charge in [0, 0.05) is 35.0 Å². The lowest BCUT2D eigenvalue weighted by atomic mass is 10.0. The van der Waals surface area contributed by atoms with Crippen molar-refractivity contribution in [3.8, 4) is 22.5 Å². The molecule has 0 spiro atoms. The van der Waals surface area contributed by atoms with Crippen molar-refractivity contribution in [2.75, 3.05) is 19.8 Å². The Kier molecular flexibility index (Phi) is 7.31. The van der Waals surface area contributed by atoms with Crippen LogP contribution < -0.4 is 5.32 Å². The van der Waals surface area contributed by atoms with Gasteiger partial charge in [0.25, 0.3) is 5.91 Å². The highest BCUT2D eigenvalue weighted by atomic mass is 19.1. The summed E-state index contributed by atoms with van der Waals surface area (Å²) in [7, 11) is 0. The summed E-state index contributed by atoms with van der Waals surface area (Å²) >= 11 is 0. The summed E-state index contributed by atoms with van der Waals surface area (Å²) in [5, 5.41) is 19.6. The van der Waals surface area contributed by atoms with Gasteiger partial charge in [-0.05, 0) is 48.5 Å². The molecule has 8 nitrogen and oxygen atoms in total. The van der Waals surface area contributed by atoms with E-state index in [-0.39, 0.29) is 29.0 Å². The minimum atomic E-state index is -0.800. The van der Waals surface area contributed by atoms with E-state index < -0.39 is 29.9 Å². The van der Waals surface area contributed by atoms with Crippen LogP contribution in [-0.4, -0.2) is 52.1 Å². The van der Waals surface area contributed by atoms with Crippen LogP contribution in [0.2, 0.25) is 0 Å². The Labute approximate surface area is 211 Å². The Morgan fingerprint density at radius 2 is 1.92 bits per heavy atom. The maximum atomic E-state index is 15.0. The number of ether oxygens (including phenoxy) is 2. The van der Waals surface area contributed by atoms with Crippen LogP contribution in [0.3, 0.4) is 0 Å². The fraction of sp³-hybridized carbons (Fsp3) is 0.222. The number of rotatable bonds is 8. The van der Waals surface area contributed by atoms with Gasteiger partial charge in [0.05, 0.1) is 42.8 Å². The summed E-state index contributed by atoms with van der Waals surface area (Å²) in [5.74, 6) is -1.65. The second kappa shape index (κ2) is 11.0. The molecule has 4 aromatic rings. The van der Waals surface area contributed by atoms with Gasteiger partial charge in [-0.1, -0.05) is 12.1 Å². The van der Waals surface area contributed by atoms with Gasteiger partial charge in [-0.25, -0.2) is 8.78 Å². The lowest BCUT2D eigenvalue weighted by Crippen LogP contribution is -2.39. The number of carbonyl (C=O) groups excluding carboxylic acids is 1. The smallest absolute Gasteiger partial charge is 0.252 e. The third-order valence-electron chi connectivity index (χ3n) is 6.01. The van der Waals surface area contributed by atoms with Gasteiger partial charge >= 0.3 is 0 Å². The number of aromatic amines is 1. The fourth-order valence-electron chi connectivity index (χ4n) is 4.20. The number of hydrogen-bond acceptors (Lipinski definition) is 6. The average molecular weight is 507 g/mol. The molecule has 0 radical (unpaired) electrons. The van der Waals surface area contributed by atoms with Crippen molar-refractivity contribution in [2.24, 2.45) is 0 Å². The molecule has 1 aliphatic rings. The van der Waals surface area contributed by atoms with Crippen molar-refractivity contribution in [1.82, 2.24) is 20.5 Å². The van der Waals surface area contributed by atoms with E-state index in [4.69, 9.17) is 9.47 Å². The molecule has 1 aliphatic heterocycles. The van der Waals surface area contributed by atoms with Crippen LogP contribution in [0.25, 0.3) is 22.5 Å². The Morgan fingerprint density at radius 1 is 1.08 bits per heavy atom. The third-order valence-corrected chi connectivity index (χ3v) is 6.01. The zero-order valence-corrected chi connectivity index (χ0v) is 19.7. The van der Waals surface area contributed by atoms with Crippen LogP contribution >= 0.6 is 0 Å². The van der Waals surface area contributed by atoms with Crippen LogP contribution in [0.4, 0.5) is 8.78 Å². The molecule has 190 valence electrons. The fourth-order valence-corrected chi connectivity index (χ4v) is 4.20. The van der Waals surface area contributed by atoms with Gasteiger partial charge in [0.15, 0.2) is 6.29 Å². The summed E-state index contributed by atoms with van der Waals surface area (Å²) in [6.45, 7) is 0.429. The van der Waals surface area contributed by atoms with Gasteiger partial charge < -0.3 is 19.9 Å². The molecule has 2 aromatic carbocycles. The van der Waals surface area contributed by atoms with E-state index in [0.29, 0.717) is 36.6 Å². The highest BCUT2D eigenvalue weighted by molar-refractivity contribution is 6.01. The van der Waals surface area contributed by atoms with E-state index in [1.54, 1.807) is 36.5 Å². The number of aliphatic hydroxyl groups excluding tert-OH is 1. The van der Waals surface area contributed by atoms with Gasteiger partial charge in [-0.2, -0.15) is 5.10 Å². The van der Waals surface area contributed by atoms with Crippen molar-refractivity contribution in [2.45, 2.75) is 18.8 Å². The normalized spacial score (nSPS) is 14.6. The predicted octanol–water partition coefficient (Wildman–Crippen LogP) is 3.80. The molecule has 3 heterocycles. The van der Waals surface area contributed by atoms with Gasteiger partial charge in [0.1, 0.15) is 11.6 Å². The molecule has 5 rings (SSSR count). The molecule has 1 saturated heterocycles. The molecule has 3 N–H and O–H groups in total. The van der Waals surface area contributed by atoms with Crippen molar-refractivity contribution in [3.05, 3.63) is 95.3 Å². The zero-order valence-electron chi connectivity index (χ0n) is 19.7. The van der Waals surface area contributed by atoms with Gasteiger partial charge in [-0.3, -0.25) is 14.9 Å². The van der Waals surface area contributed by atoms with E-state index in [0.717, 1.165) is 0 Å². The van der Waals surface area contributed by atoms with Crippen molar-refractivity contribution in [3.63, 3.8) is 0 Å². The van der Waals surface area contributed by atoms with Gasteiger partial charge in [0.2, 0.25) is 0 Å². The highest BCUT2D eigenvalue weighted by Crippen LogP contribution is 2.32. The molecular weight excluding hydrogens is 482 g/mol. The van der Waals surface area contributed by atoms with E-state index in [1.165, 1.54) is 24.3 Å². The lowest BCUT2D eigenvalue weighted by Gasteiger charge is -2.17. The number of halogens is 2. The number of hydrogen-bond donors (Lipinski definition) is 3. The lowest BCUT2D eigenvalue weighted by molar-refractivity contribution is -0.0464. The Balaban J connectivity index is 1.41. The monoisotopic (exact) mass is 506 g/mol. The Hall–Kier alpha value is -3.99. The number of nitrogens with one attached hydrogen (secondary N) is 2. The first-order valence-electron chi connectivity index (χ1n) is 11.7. The highest BCUT2D eigenvalue weighted by Gasteiger charge is 2.24. The molecule has 1 fully saturated rings. The van der Waals surface area contributed by atoms with Crippen molar-refractivity contribution in [1.29, 1.82) is 0 Å². The number of aromatic nitrogens is 3. The van der Waals surface area contributed by atoms with Crippen LogP contribution in [0.1, 0.15) is 27.9 Å². The second-order valence-corrected chi connectivity index (χ2v) is 8.52. The van der Waals surface area contributed by atoms with Crippen LogP contribution in [0, 0.1) is 11.6 Å². The van der Waals surface area contributed by atoms with Crippen molar-refractivity contribution >= 4 is 5.91 Å². The number of nitrogens with zero attached hydrogens (tertiary/aromatic N) is 2. The minimum absolute atomic E-state index is 0.0260. The maximum absolute atomic E-state index is 15.0. The largest absolute Gasteiger partial charge is 0.394 e. The number of benzene rings is 2. The number of amides is 1. The summed E-state index contributed by atoms with van der Waals surface area (Å²) in [6, 6.07) is 14.9. The first kappa shape index (κ1) is 24.7. The Bertz CT molecular complexity index is 1390. The van der Waals surface area contributed by atoms with Crippen LogP contribution in [0.15, 0.2) is 66.9 Å². The van der Waals surface area contributed by atoms with Crippen LogP contribution in [-0.2, 0) is 15.9 Å². The molecule has 1 amide bonds. The number of H-pyrrole nitrogens is 1. The SMILES string of the molecule is O=C(N[C@@H](CO)Cc1ccccn1)c1cccc(F)c1-c1cc(-c2ccc(F)c(C3OCCO3)c2)n[nH]1. The van der Waals surface area contributed by atoms with Crippen molar-refractivity contribution < 1.29 is 28.2 Å². The average Bonchev–Trinajstić information content (AvgIpc) is 3.62. The Morgan fingerprint density at radius 3 is 2.68 bits per heavy atom. The molecule has 0 saturated carbocycles. The first-order chi connectivity index (χ1) is 18.0. The van der Waals surface area contributed by atoms with Gasteiger partial charge in [-0.15, -0.1) is 0 Å². The first-order valence-corrected chi connectivity index (χ1v) is 11.7. The molecule has 1 atom stereocenters. The quantitative estimate of drug-likeness (QED) is 0.336. The molecule has 10 heteroatoms. The molecule has 0 bridgehead atoms. The minimum Gasteiger partial charge on any atom is -0.394 e. The van der Waals surface area contributed by atoms with E-state index in [2.05, 4.69) is 20.5 Å². The molecule has 37 heavy (non-hydrogen) atoms. The summed E-state index contributed by atoms with van der Waals surface area (Å²) in [5.41, 5.74) is 2.30. The standard InChI is InChI=1S/C27H24F2N4O4/c28-21-8-7-16(12-20(21)27-36-10-11-37-27)23-14-24(33-32-23)25-19(5-3-6-22(25)29)26(35)31-18(15-34)13-17-4-1-2-9-30-17/h1-9,12,14,18,27,34H,10-11,13,15H2,(H,31,35)(H,32,33)/t18-/m1/s1. The number of pyridine rings is 1. The second-order valence-electron chi connectivity index (χ2n) is 8.52. The maximum Gasteiger partial charge on any atom is 0.252 e. The third kappa shape index (κ3) is 5.41. The molecule has 0 aliphatic carbocycles. The number of aliphatic hydroxyl groups is 1. The predicted molar refractivity (Wildman–Crippen MR) is 130 cm³/mol. The summed E-state index contributed by atoms with van der Waals surface area (Å²) in [6.07, 6.45) is 1.14. The zero-order chi connectivity index (χ0) is 25.8. The number of carbonyl (C=O) groups is 1. The topological polar surface area (TPSA) is 109 Å². The summed E-state index contributed by atoms with van der Waals surface area (Å²) < 4.78 is 40.2. The summed E-state index contributed by atoms with van der Waals surface area (Å²) in [4.78, 5) is 17.4.